The van der Waals surface area contributed by atoms with E-state index in [2.05, 4.69) is 17.0 Å². The molecule has 1 aliphatic heterocycles. The molecule has 0 bridgehead atoms. The molecule has 1 fully saturated rings. The molecule has 0 atom stereocenters. The summed E-state index contributed by atoms with van der Waals surface area (Å²) in [4.78, 5) is 12.9. The van der Waals surface area contributed by atoms with Crippen molar-refractivity contribution in [2.24, 2.45) is 16.3 Å². The van der Waals surface area contributed by atoms with Crippen LogP contribution >= 0.6 is 0 Å². The van der Waals surface area contributed by atoms with Crippen molar-refractivity contribution in [1.82, 2.24) is 4.90 Å². The predicted molar refractivity (Wildman–Crippen MR) is 96.4 cm³/mol. The standard InChI is InChI=1S/C18H26N4O3/c1-18(7-10-22(11-8-18)9-6-16(23)24)12-15(21-25)13-2-4-14(5-3-13)17(19)20/h2-5,25H,6-12H2,1H3,(H3,19,20)(H,23,24)/b21-15+. The Morgan fingerprint density at radius 1 is 1.28 bits per heavy atom. The Morgan fingerprint density at radius 2 is 1.84 bits per heavy atom. The van der Waals surface area contributed by atoms with Crippen LogP contribution in [0, 0.1) is 10.8 Å². The lowest BCUT2D eigenvalue weighted by Gasteiger charge is -2.39. The quantitative estimate of drug-likeness (QED) is 0.261. The van der Waals surface area contributed by atoms with Crippen LogP contribution < -0.4 is 5.73 Å². The van der Waals surface area contributed by atoms with Crippen LogP contribution in [0.4, 0.5) is 0 Å². The van der Waals surface area contributed by atoms with Gasteiger partial charge in [-0.1, -0.05) is 36.3 Å². The minimum atomic E-state index is -0.767. The topological polar surface area (TPSA) is 123 Å². The van der Waals surface area contributed by atoms with Gasteiger partial charge in [-0.05, 0) is 43.3 Å². The molecule has 0 aromatic heterocycles. The lowest BCUT2D eigenvalue weighted by atomic mass is 9.75. The number of piperidine rings is 1. The second-order valence-corrected chi connectivity index (χ2v) is 7.01. The molecule has 1 aliphatic rings. The van der Waals surface area contributed by atoms with E-state index in [9.17, 15) is 10.0 Å². The molecule has 0 unspecified atom stereocenters. The number of oxime groups is 1. The number of hydrogen-bond donors (Lipinski definition) is 4. The highest BCUT2D eigenvalue weighted by atomic mass is 16.4. The zero-order valence-corrected chi connectivity index (χ0v) is 14.5. The maximum atomic E-state index is 10.7. The van der Waals surface area contributed by atoms with Crippen molar-refractivity contribution in [1.29, 1.82) is 5.41 Å². The number of carboxylic acid groups (broad SMARTS) is 1. The van der Waals surface area contributed by atoms with Gasteiger partial charge in [0.05, 0.1) is 12.1 Å². The Kier molecular flexibility index (Phi) is 6.14. The van der Waals surface area contributed by atoms with Crippen molar-refractivity contribution in [2.45, 2.75) is 32.6 Å². The summed E-state index contributed by atoms with van der Waals surface area (Å²) in [6.45, 7) is 4.47. The normalized spacial score (nSPS) is 18.0. The third-order valence-corrected chi connectivity index (χ3v) is 4.95. The average molecular weight is 346 g/mol. The molecule has 25 heavy (non-hydrogen) atoms. The highest BCUT2D eigenvalue weighted by Gasteiger charge is 2.32. The smallest absolute Gasteiger partial charge is 0.304 e. The van der Waals surface area contributed by atoms with Crippen molar-refractivity contribution in [2.75, 3.05) is 19.6 Å². The Hall–Kier alpha value is -2.41. The van der Waals surface area contributed by atoms with Gasteiger partial charge in [-0.2, -0.15) is 0 Å². The van der Waals surface area contributed by atoms with Crippen molar-refractivity contribution in [3.8, 4) is 0 Å². The third-order valence-electron chi connectivity index (χ3n) is 4.95. The fraction of sp³-hybridized carbons (Fsp3) is 0.500. The second kappa shape index (κ2) is 8.11. The average Bonchev–Trinajstić information content (AvgIpc) is 2.59. The van der Waals surface area contributed by atoms with Gasteiger partial charge in [0.2, 0.25) is 0 Å². The number of likely N-dealkylation sites (tertiary alicyclic amines) is 1. The Bertz CT molecular complexity index is 647. The molecule has 1 aromatic rings. The molecule has 0 aliphatic carbocycles. The Balaban J connectivity index is 1.97. The maximum Gasteiger partial charge on any atom is 0.304 e. The van der Waals surface area contributed by atoms with E-state index in [4.69, 9.17) is 16.2 Å². The van der Waals surface area contributed by atoms with Crippen LogP contribution in [0.3, 0.4) is 0 Å². The number of rotatable bonds is 7. The first-order valence-corrected chi connectivity index (χ1v) is 8.43. The van der Waals surface area contributed by atoms with Gasteiger partial charge in [0, 0.05) is 12.1 Å². The van der Waals surface area contributed by atoms with Crippen LogP contribution in [0.15, 0.2) is 29.4 Å². The fourth-order valence-corrected chi connectivity index (χ4v) is 3.19. The van der Waals surface area contributed by atoms with Gasteiger partial charge in [0.15, 0.2) is 0 Å². The molecular formula is C18H26N4O3. The summed E-state index contributed by atoms with van der Waals surface area (Å²) in [6, 6.07) is 7.13. The van der Waals surface area contributed by atoms with Gasteiger partial charge in [0.25, 0.3) is 0 Å². The van der Waals surface area contributed by atoms with E-state index >= 15 is 0 Å². The molecule has 5 N–H and O–H groups in total. The van der Waals surface area contributed by atoms with E-state index in [1.165, 1.54) is 0 Å². The van der Waals surface area contributed by atoms with Gasteiger partial charge in [-0.3, -0.25) is 10.2 Å². The van der Waals surface area contributed by atoms with Crippen LogP contribution in [-0.4, -0.2) is 52.4 Å². The van der Waals surface area contributed by atoms with Crippen molar-refractivity contribution >= 4 is 17.5 Å². The molecule has 7 heteroatoms. The number of carbonyl (C=O) groups is 1. The molecule has 136 valence electrons. The van der Waals surface area contributed by atoms with Crippen LogP contribution in [0.5, 0.6) is 0 Å². The minimum absolute atomic E-state index is 0.00901. The van der Waals surface area contributed by atoms with E-state index in [0.29, 0.717) is 24.2 Å². The van der Waals surface area contributed by atoms with Gasteiger partial charge in [0.1, 0.15) is 5.84 Å². The molecule has 0 amide bonds. The zero-order chi connectivity index (χ0) is 18.4. The molecule has 7 nitrogen and oxygen atoms in total. The Labute approximate surface area is 147 Å². The number of nitrogen functional groups attached to an aromatic ring is 1. The first kappa shape index (κ1) is 18.9. The number of aliphatic carboxylic acids is 1. The number of nitrogens with two attached hydrogens (primary N) is 1. The van der Waals surface area contributed by atoms with E-state index in [0.717, 1.165) is 31.5 Å². The van der Waals surface area contributed by atoms with Crippen molar-refractivity contribution in [3.05, 3.63) is 35.4 Å². The number of benzene rings is 1. The summed E-state index contributed by atoms with van der Waals surface area (Å²) in [5.41, 5.74) is 7.56. The van der Waals surface area contributed by atoms with E-state index < -0.39 is 5.97 Å². The van der Waals surface area contributed by atoms with Gasteiger partial charge < -0.3 is 20.9 Å². The molecule has 0 spiro atoms. The molecule has 1 aromatic carbocycles. The van der Waals surface area contributed by atoms with Crippen LogP contribution in [0.25, 0.3) is 0 Å². The molecule has 1 saturated heterocycles. The van der Waals surface area contributed by atoms with Crippen molar-refractivity contribution < 1.29 is 15.1 Å². The first-order valence-electron chi connectivity index (χ1n) is 8.43. The molecule has 0 saturated carbocycles. The molecule has 2 rings (SSSR count). The lowest BCUT2D eigenvalue weighted by molar-refractivity contribution is -0.137. The minimum Gasteiger partial charge on any atom is -0.481 e. The summed E-state index contributed by atoms with van der Waals surface area (Å²) in [5, 5.41) is 29.2. The van der Waals surface area contributed by atoms with Gasteiger partial charge >= 0.3 is 5.97 Å². The first-order chi connectivity index (χ1) is 11.8. The SMILES string of the molecule is CC1(C/C(=N\O)c2ccc(C(=N)N)cc2)CCN(CCC(=O)O)CC1. The second-order valence-electron chi connectivity index (χ2n) is 7.01. The monoisotopic (exact) mass is 346 g/mol. The maximum absolute atomic E-state index is 10.7. The summed E-state index contributed by atoms with van der Waals surface area (Å²) in [6.07, 6.45) is 2.67. The predicted octanol–water partition coefficient (Wildman–Crippen LogP) is 2.12. The van der Waals surface area contributed by atoms with Crippen molar-refractivity contribution in [3.63, 3.8) is 0 Å². The molecular weight excluding hydrogens is 320 g/mol. The summed E-state index contributed by atoms with van der Waals surface area (Å²) >= 11 is 0. The Morgan fingerprint density at radius 3 is 2.32 bits per heavy atom. The number of nitrogens with one attached hydrogen (secondary N) is 1. The summed E-state index contributed by atoms with van der Waals surface area (Å²) < 4.78 is 0. The summed E-state index contributed by atoms with van der Waals surface area (Å²) in [7, 11) is 0. The van der Waals surface area contributed by atoms with Gasteiger partial charge in [-0.15, -0.1) is 0 Å². The molecule has 1 heterocycles. The van der Waals surface area contributed by atoms with E-state index in [1.54, 1.807) is 12.1 Å². The van der Waals surface area contributed by atoms with Gasteiger partial charge in [-0.25, -0.2) is 0 Å². The van der Waals surface area contributed by atoms with Crippen LogP contribution in [-0.2, 0) is 4.79 Å². The number of amidine groups is 1. The number of hydrogen-bond acceptors (Lipinski definition) is 5. The van der Waals surface area contributed by atoms with Crippen LogP contribution in [0.1, 0.15) is 43.7 Å². The number of nitrogens with zero attached hydrogens (tertiary/aromatic N) is 2. The van der Waals surface area contributed by atoms with Crippen LogP contribution in [0.2, 0.25) is 0 Å². The molecule has 0 radical (unpaired) electrons. The van der Waals surface area contributed by atoms with E-state index in [-0.39, 0.29) is 17.7 Å². The highest BCUT2D eigenvalue weighted by molar-refractivity contribution is 6.02. The van der Waals surface area contributed by atoms with E-state index in [1.807, 2.05) is 12.1 Å². The highest BCUT2D eigenvalue weighted by Crippen LogP contribution is 2.35. The largest absolute Gasteiger partial charge is 0.481 e. The third kappa shape index (κ3) is 5.29. The fourth-order valence-electron chi connectivity index (χ4n) is 3.19. The zero-order valence-electron chi connectivity index (χ0n) is 14.5. The lowest BCUT2D eigenvalue weighted by Crippen LogP contribution is -2.40. The number of carboxylic acids is 1. The summed E-state index contributed by atoms with van der Waals surface area (Å²) in [5.74, 6) is -0.758.